The summed E-state index contributed by atoms with van der Waals surface area (Å²) in [6.07, 6.45) is -0.186. The third kappa shape index (κ3) is 6.69. The Morgan fingerprint density at radius 3 is 2.41 bits per heavy atom. The van der Waals surface area contributed by atoms with Crippen molar-refractivity contribution in [2.45, 2.75) is 12.5 Å². The average Bonchev–Trinajstić information content (AvgIpc) is 2.66. The van der Waals surface area contributed by atoms with Crippen LogP contribution < -0.4 is 21.1 Å². The number of hydrogen-bond acceptors (Lipinski definition) is 5. The Bertz CT molecular complexity index is 795. The first kappa shape index (κ1) is 19.8. The fourth-order valence-corrected chi connectivity index (χ4v) is 2.29. The lowest BCUT2D eigenvalue weighted by Gasteiger charge is -2.18. The number of amides is 3. The molecular formula is C19H21N3O5. The number of carbonyl (C=O) groups excluding carboxylic acids is 3. The van der Waals surface area contributed by atoms with E-state index in [-0.39, 0.29) is 6.42 Å². The zero-order chi connectivity index (χ0) is 19.6. The van der Waals surface area contributed by atoms with Gasteiger partial charge in [-0.25, -0.2) is 4.79 Å². The predicted octanol–water partition coefficient (Wildman–Crippen LogP) is 1.87. The highest BCUT2D eigenvalue weighted by Gasteiger charge is 2.19. The molecule has 8 nitrogen and oxygen atoms in total. The Morgan fingerprint density at radius 1 is 1.04 bits per heavy atom. The number of likely N-dealkylation sites (N-methyl/N-ethyl adjacent to an activating group) is 1. The normalized spacial score (nSPS) is 11.1. The molecule has 0 aromatic heterocycles. The lowest BCUT2D eigenvalue weighted by molar-refractivity contribution is -0.148. The van der Waals surface area contributed by atoms with Crippen LogP contribution in [0, 0.1) is 0 Å². The Kier molecular flexibility index (Phi) is 7.18. The van der Waals surface area contributed by atoms with Crippen LogP contribution in [0.5, 0.6) is 11.5 Å². The average molecular weight is 371 g/mol. The fraction of sp³-hybridized carbons (Fsp3) is 0.211. The van der Waals surface area contributed by atoms with E-state index in [4.69, 9.17) is 15.2 Å². The number of nitrogens with two attached hydrogens (primary N) is 1. The number of esters is 1. The van der Waals surface area contributed by atoms with Gasteiger partial charge in [-0.1, -0.05) is 30.3 Å². The summed E-state index contributed by atoms with van der Waals surface area (Å²) in [5, 5.41) is 4.85. The van der Waals surface area contributed by atoms with Crippen LogP contribution in [0.2, 0.25) is 0 Å². The molecule has 1 atom stereocenters. The Morgan fingerprint density at radius 2 is 1.74 bits per heavy atom. The number of urea groups is 1. The van der Waals surface area contributed by atoms with E-state index >= 15 is 0 Å². The highest BCUT2D eigenvalue weighted by Crippen LogP contribution is 2.26. The van der Waals surface area contributed by atoms with Crippen molar-refractivity contribution in [1.29, 1.82) is 0 Å². The van der Waals surface area contributed by atoms with Gasteiger partial charge in [0, 0.05) is 7.05 Å². The maximum Gasteiger partial charge on any atom is 0.312 e. The third-order valence-electron chi connectivity index (χ3n) is 3.57. The molecule has 4 N–H and O–H groups in total. The second-order valence-corrected chi connectivity index (χ2v) is 5.59. The van der Waals surface area contributed by atoms with Crippen LogP contribution in [0.3, 0.4) is 0 Å². The zero-order valence-electron chi connectivity index (χ0n) is 14.8. The minimum atomic E-state index is -0.784. The van der Waals surface area contributed by atoms with Gasteiger partial charge in [-0.15, -0.1) is 0 Å². The summed E-state index contributed by atoms with van der Waals surface area (Å²) >= 11 is 0. The second kappa shape index (κ2) is 9.81. The molecule has 0 spiro atoms. The van der Waals surface area contributed by atoms with Crippen molar-refractivity contribution in [3.8, 4) is 11.5 Å². The van der Waals surface area contributed by atoms with Crippen LogP contribution in [0.15, 0.2) is 54.6 Å². The number of benzene rings is 2. The Hall–Kier alpha value is -3.55. The molecule has 0 saturated carbocycles. The van der Waals surface area contributed by atoms with E-state index in [9.17, 15) is 14.4 Å². The molecule has 3 amide bonds. The summed E-state index contributed by atoms with van der Waals surface area (Å²) in [6.45, 7) is -0.393. The topological polar surface area (TPSA) is 120 Å². The highest BCUT2D eigenvalue weighted by molar-refractivity contribution is 5.81. The number of para-hydroxylation sites is 1. The first-order valence-electron chi connectivity index (χ1n) is 8.23. The van der Waals surface area contributed by atoms with Crippen LogP contribution in [-0.4, -0.2) is 31.6 Å². The van der Waals surface area contributed by atoms with Crippen molar-refractivity contribution in [2.24, 2.45) is 5.73 Å². The molecule has 2 aromatic carbocycles. The van der Waals surface area contributed by atoms with E-state index < -0.39 is 30.6 Å². The minimum Gasteiger partial charge on any atom is -0.457 e. The van der Waals surface area contributed by atoms with Gasteiger partial charge in [0.15, 0.2) is 6.61 Å². The third-order valence-corrected chi connectivity index (χ3v) is 3.57. The number of nitrogens with one attached hydrogen (secondary N) is 2. The molecule has 0 aliphatic carbocycles. The molecule has 0 radical (unpaired) electrons. The molecule has 0 aliphatic heterocycles. The molecule has 0 saturated heterocycles. The second-order valence-electron chi connectivity index (χ2n) is 5.59. The van der Waals surface area contributed by atoms with Crippen molar-refractivity contribution in [3.05, 3.63) is 60.2 Å². The van der Waals surface area contributed by atoms with Crippen LogP contribution in [-0.2, 0) is 14.3 Å². The van der Waals surface area contributed by atoms with Crippen molar-refractivity contribution >= 4 is 17.9 Å². The number of primary amides is 1. The zero-order valence-corrected chi connectivity index (χ0v) is 14.8. The van der Waals surface area contributed by atoms with Gasteiger partial charge < -0.3 is 25.8 Å². The molecule has 0 aliphatic rings. The highest BCUT2D eigenvalue weighted by atomic mass is 16.5. The molecular weight excluding hydrogens is 350 g/mol. The molecule has 0 heterocycles. The largest absolute Gasteiger partial charge is 0.457 e. The van der Waals surface area contributed by atoms with Gasteiger partial charge in [0.1, 0.15) is 11.5 Å². The Labute approximate surface area is 156 Å². The fourth-order valence-electron chi connectivity index (χ4n) is 2.29. The standard InChI is InChI=1S/C19H21N3O5/c1-21-17(23)12-26-18(24)11-16(22-19(20)25)13-6-5-9-15(10-13)27-14-7-3-2-4-8-14/h2-10,16H,11-12H2,1H3,(H,21,23)(H3,20,22,25)/t16-/m0/s1. The van der Waals surface area contributed by atoms with Gasteiger partial charge in [0.25, 0.3) is 5.91 Å². The molecule has 2 rings (SSSR count). The molecule has 27 heavy (non-hydrogen) atoms. The molecule has 2 aromatic rings. The van der Waals surface area contributed by atoms with Gasteiger partial charge in [-0.3, -0.25) is 9.59 Å². The van der Waals surface area contributed by atoms with E-state index in [1.807, 2.05) is 30.3 Å². The van der Waals surface area contributed by atoms with Crippen molar-refractivity contribution in [3.63, 3.8) is 0 Å². The lowest BCUT2D eigenvalue weighted by atomic mass is 10.0. The number of rotatable bonds is 8. The maximum atomic E-state index is 12.0. The maximum absolute atomic E-state index is 12.0. The van der Waals surface area contributed by atoms with Crippen molar-refractivity contribution in [1.82, 2.24) is 10.6 Å². The summed E-state index contributed by atoms with van der Waals surface area (Å²) in [5.41, 5.74) is 5.82. The van der Waals surface area contributed by atoms with E-state index in [1.54, 1.807) is 24.3 Å². The lowest BCUT2D eigenvalue weighted by Crippen LogP contribution is -2.35. The van der Waals surface area contributed by atoms with Gasteiger partial charge in [0.05, 0.1) is 12.5 Å². The Balaban J connectivity index is 2.11. The quantitative estimate of drug-likeness (QED) is 0.612. The molecule has 142 valence electrons. The summed E-state index contributed by atoms with van der Waals surface area (Å²) in [7, 11) is 1.44. The van der Waals surface area contributed by atoms with Gasteiger partial charge in [0.2, 0.25) is 0 Å². The molecule has 0 fully saturated rings. The number of ether oxygens (including phenoxy) is 2. The van der Waals surface area contributed by atoms with Crippen LogP contribution in [0.4, 0.5) is 4.79 Å². The number of hydrogen-bond donors (Lipinski definition) is 3. The van der Waals surface area contributed by atoms with Gasteiger partial charge >= 0.3 is 12.0 Å². The first-order valence-corrected chi connectivity index (χ1v) is 8.23. The van der Waals surface area contributed by atoms with Gasteiger partial charge in [-0.2, -0.15) is 0 Å². The first-order chi connectivity index (χ1) is 13.0. The molecule has 0 unspecified atom stereocenters. The summed E-state index contributed by atoms with van der Waals surface area (Å²) in [6, 6.07) is 14.6. The predicted molar refractivity (Wildman–Crippen MR) is 98.1 cm³/mol. The summed E-state index contributed by atoms with van der Waals surface area (Å²) in [4.78, 5) is 34.5. The van der Waals surface area contributed by atoms with Crippen LogP contribution in [0.25, 0.3) is 0 Å². The van der Waals surface area contributed by atoms with Crippen LogP contribution in [0.1, 0.15) is 18.0 Å². The number of carbonyl (C=O) groups is 3. The van der Waals surface area contributed by atoms with Crippen LogP contribution >= 0.6 is 0 Å². The van der Waals surface area contributed by atoms with Gasteiger partial charge in [-0.05, 0) is 29.8 Å². The molecule has 0 bridgehead atoms. The SMILES string of the molecule is CNC(=O)COC(=O)C[C@H](NC(N)=O)c1cccc(Oc2ccccc2)c1. The van der Waals surface area contributed by atoms with Crippen molar-refractivity contribution in [2.75, 3.05) is 13.7 Å². The van der Waals surface area contributed by atoms with E-state index in [2.05, 4.69) is 10.6 Å². The van der Waals surface area contributed by atoms with E-state index in [0.29, 0.717) is 17.1 Å². The minimum absolute atomic E-state index is 0.186. The monoisotopic (exact) mass is 371 g/mol. The molecule has 8 heteroatoms. The summed E-state index contributed by atoms with van der Waals surface area (Å²) in [5.74, 6) is 0.112. The van der Waals surface area contributed by atoms with Crippen molar-refractivity contribution < 1.29 is 23.9 Å². The van der Waals surface area contributed by atoms with E-state index in [0.717, 1.165) is 0 Å². The summed E-state index contributed by atoms with van der Waals surface area (Å²) < 4.78 is 10.6. The smallest absolute Gasteiger partial charge is 0.312 e. The van der Waals surface area contributed by atoms with E-state index in [1.165, 1.54) is 7.05 Å².